The Bertz CT molecular complexity index is 855. The predicted octanol–water partition coefficient (Wildman–Crippen LogP) is -1.75. The second-order valence-electron chi connectivity index (χ2n) is 9.75. The lowest BCUT2D eigenvalue weighted by molar-refractivity contribution is -0.375. The average Bonchev–Trinajstić information content (AvgIpc) is 2.98. The van der Waals surface area contributed by atoms with Crippen LogP contribution in [0.5, 0.6) is 0 Å². The highest BCUT2D eigenvalue weighted by molar-refractivity contribution is 5.96. The fraction of sp³-hybridized carbons (Fsp3) is 0.800. The largest absolute Gasteiger partial charge is 0.460 e. The molecule has 0 amide bonds. The van der Waals surface area contributed by atoms with Gasteiger partial charge in [-0.3, -0.25) is 4.79 Å². The predicted molar refractivity (Wildman–Crippen MR) is 93.8 cm³/mol. The maximum Gasteiger partial charge on any atom is 0.338 e. The molecular formula is C20H26O9. The standard InChI is InChI=1S/C20H26O9/c1-7-4-10(21)13(23)17(3)9(7)5-11-18-6-28-20(27,16(17)18)12(22)8(2)19(18,26)14(24)15(25)29-11/h4,8-9,11-14,16,22-24,26-27H,5-6H2,1-3H3/t8?,9-,11+,12+,13+,14-,16?,17+,18+,19-,20-/m0/s1. The minimum absolute atomic E-state index is 0.183. The number of aliphatic hydroxyl groups excluding tert-OH is 3. The van der Waals surface area contributed by atoms with Gasteiger partial charge in [0.1, 0.15) is 23.9 Å². The number of carbonyl (C=O) groups excluding carboxylic acids is 2. The summed E-state index contributed by atoms with van der Waals surface area (Å²) < 4.78 is 11.2. The fourth-order valence-corrected chi connectivity index (χ4v) is 7.59. The lowest BCUT2D eigenvalue weighted by atomic mass is 9.36. The highest BCUT2D eigenvalue weighted by Gasteiger charge is 2.87. The number of ketones is 1. The first-order valence-electron chi connectivity index (χ1n) is 9.93. The van der Waals surface area contributed by atoms with Gasteiger partial charge in [-0.2, -0.15) is 0 Å². The number of carbonyl (C=O) groups is 2. The van der Waals surface area contributed by atoms with E-state index in [2.05, 4.69) is 0 Å². The van der Waals surface area contributed by atoms with E-state index in [-0.39, 0.29) is 13.0 Å². The minimum Gasteiger partial charge on any atom is -0.460 e. The molecule has 3 aliphatic carbocycles. The number of ether oxygens (including phenoxy) is 2. The molecule has 0 aromatic carbocycles. The van der Waals surface area contributed by atoms with Crippen molar-refractivity contribution in [1.29, 1.82) is 0 Å². The monoisotopic (exact) mass is 410 g/mol. The molecule has 2 bridgehead atoms. The normalized spacial score (nSPS) is 60.8. The lowest BCUT2D eigenvalue weighted by Gasteiger charge is -2.70. The van der Waals surface area contributed by atoms with Gasteiger partial charge in [-0.15, -0.1) is 0 Å². The number of rotatable bonds is 0. The number of hydrogen-bond donors (Lipinski definition) is 5. The van der Waals surface area contributed by atoms with E-state index in [9.17, 15) is 35.1 Å². The molecule has 9 nitrogen and oxygen atoms in total. The quantitative estimate of drug-likeness (QED) is 0.293. The molecule has 11 atom stereocenters. The molecule has 2 saturated heterocycles. The molecule has 0 aromatic heterocycles. The number of fused-ring (bicyclic) bond motifs is 1. The van der Waals surface area contributed by atoms with Crippen molar-refractivity contribution >= 4 is 11.8 Å². The Labute approximate surface area is 166 Å². The van der Waals surface area contributed by atoms with Crippen LogP contribution in [0.1, 0.15) is 27.2 Å². The van der Waals surface area contributed by atoms with Gasteiger partial charge in [0.2, 0.25) is 0 Å². The van der Waals surface area contributed by atoms with Gasteiger partial charge in [0.25, 0.3) is 0 Å². The molecule has 0 aromatic rings. The summed E-state index contributed by atoms with van der Waals surface area (Å²) in [5, 5.41) is 56.0. The van der Waals surface area contributed by atoms with Crippen LogP contribution < -0.4 is 0 Å². The third-order valence-corrected chi connectivity index (χ3v) is 8.88. The van der Waals surface area contributed by atoms with Crippen molar-refractivity contribution in [2.75, 3.05) is 6.61 Å². The summed E-state index contributed by atoms with van der Waals surface area (Å²) in [6.45, 7) is 4.49. The summed E-state index contributed by atoms with van der Waals surface area (Å²) in [5.41, 5.74) is -4.35. The number of aliphatic hydroxyl groups is 5. The Balaban J connectivity index is 1.84. The van der Waals surface area contributed by atoms with Crippen molar-refractivity contribution < 1.29 is 44.6 Å². The highest BCUT2D eigenvalue weighted by Crippen LogP contribution is 2.74. The van der Waals surface area contributed by atoms with Gasteiger partial charge in [-0.25, -0.2) is 4.79 Å². The third kappa shape index (κ3) is 1.73. The Morgan fingerprint density at radius 1 is 1.14 bits per heavy atom. The van der Waals surface area contributed by atoms with Crippen LogP contribution in [0.25, 0.3) is 0 Å². The molecule has 0 radical (unpaired) electrons. The van der Waals surface area contributed by atoms with Crippen LogP contribution in [0.2, 0.25) is 0 Å². The summed E-state index contributed by atoms with van der Waals surface area (Å²) in [6.07, 6.45) is -4.56. The van der Waals surface area contributed by atoms with Gasteiger partial charge in [0.15, 0.2) is 17.7 Å². The molecule has 5 N–H and O–H groups in total. The molecule has 2 saturated carbocycles. The third-order valence-electron chi connectivity index (χ3n) is 8.88. The van der Waals surface area contributed by atoms with Gasteiger partial charge < -0.3 is 35.0 Å². The molecule has 1 spiro atoms. The highest BCUT2D eigenvalue weighted by atomic mass is 16.7. The number of esters is 1. The van der Waals surface area contributed by atoms with E-state index in [1.165, 1.54) is 13.0 Å². The first-order chi connectivity index (χ1) is 13.4. The van der Waals surface area contributed by atoms with Crippen LogP contribution in [0.15, 0.2) is 11.6 Å². The second kappa shape index (κ2) is 5.27. The molecule has 160 valence electrons. The molecule has 9 heteroatoms. The lowest BCUT2D eigenvalue weighted by Crippen LogP contribution is -2.84. The summed E-state index contributed by atoms with van der Waals surface area (Å²) in [5.74, 6) is -6.52. The van der Waals surface area contributed by atoms with Crippen molar-refractivity contribution in [1.82, 2.24) is 0 Å². The Kier molecular flexibility index (Phi) is 3.56. The van der Waals surface area contributed by atoms with E-state index in [0.717, 1.165) is 0 Å². The van der Waals surface area contributed by atoms with E-state index in [4.69, 9.17) is 9.47 Å². The van der Waals surface area contributed by atoms with Crippen molar-refractivity contribution in [3.8, 4) is 0 Å². The van der Waals surface area contributed by atoms with Crippen LogP contribution in [0.3, 0.4) is 0 Å². The van der Waals surface area contributed by atoms with Gasteiger partial charge in [-0.05, 0) is 25.3 Å². The Hall–Kier alpha value is -1.36. The van der Waals surface area contributed by atoms with Gasteiger partial charge >= 0.3 is 5.97 Å². The van der Waals surface area contributed by atoms with Crippen LogP contribution in [-0.4, -0.2) is 79.7 Å². The fourth-order valence-electron chi connectivity index (χ4n) is 7.59. The van der Waals surface area contributed by atoms with E-state index in [1.807, 2.05) is 0 Å². The molecule has 4 fully saturated rings. The SMILES string of the molecule is CC1=CC(=O)[C@@H](O)[C@]2(C)C3[C@]45CO[C@@]3(O)[C@H](O)C(C)[C@]4(O)[C@@H](O)C(=O)O[C@@H]5C[C@@H]12. The van der Waals surface area contributed by atoms with Crippen LogP contribution in [0, 0.1) is 28.6 Å². The first-order valence-corrected chi connectivity index (χ1v) is 9.93. The smallest absolute Gasteiger partial charge is 0.338 e. The Morgan fingerprint density at radius 3 is 2.45 bits per heavy atom. The van der Waals surface area contributed by atoms with Gasteiger partial charge in [0, 0.05) is 17.3 Å². The molecule has 2 aliphatic heterocycles. The van der Waals surface area contributed by atoms with Crippen molar-refractivity contribution in [2.45, 2.75) is 63.0 Å². The zero-order valence-electron chi connectivity index (χ0n) is 16.4. The van der Waals surface area contributed by atoms with E-state index in [1.54, 1.807) is 13.8 Å². The van der Waals surface area contributed by atoms with Crippen LogP contribution in [-0.2, 0) is 19.1 Å². The zero-order chi connectivity index (χ0) is 21.3. The number of allylic oxidation sites excluding steroid dienone is 1. The molecule has 5 rings (SSSR count). The maximum atomic E-state index is 12.6. The summed E-state index contributed by atoms with van der Waals surface area (Å²) in [7, 11) is 0. The summed E-state index contributed by atoms with van der Waals surface area (Å²) in [6, 6.07) is 0. The summed E-state index contributed by atoms with van der Waals surface area (Å²) >= 11 is 0. The Morgan fingerprint density at radius 2 is 1.79 bits per heavy atom. The first kappa shape index (κ1) is 19.6. The minimum atomic E-state index is -2.19. The van der Waals surface area contributed by atoms with Gasteiger partial charge in [-0.1, -0.05) is 19.4 Å². The zero-order valence-corrected chi connectivity index (χ0v) is 16.4. The van der Waals surface area contributed by atoms with Crippen LogP contribution in [0.4, 0.5) is 0 Å². The molecule has 2 heterocycles. The van der Waals surface area contributed by atoms with E-state index < -0.39 is 76.1 Å². The van der Waals surface area contributed by atoms with Crippen molar-refractivity contribution in [3.63, 3.8) is 0 Å². The molecule has 2 unspecified atom stereocenters. The maximum absolute atomic E-state index is 12.6. The average molecular weight is 410 g/mol. The van der Waals surface area contributed by atoms with Crippen molar-refractivity contribution in [3.05, 3.63) is 11.6 Å². The molecular weight excluding hydrogens is 384 g/mol. The summed E-state index contributed by atoms with van der Waals surface area (Å²) in [4.78, 5) is 25.0. The van der Waals surface area contributed by atoms with E-state index in [0.29, 0.717) is 5.57 Å². The second-order valence-corrected chi connectivity index (χ2v) is 9.75. The molecule has 29 heavy (non-hydrogen) atoms. The topological polar surface area (TPSA) is 154 Å². The van der Waals surface area contributed by atoms with E-state index >= 15 is 0 Å². The molecule has 5 aliphatic rings. The number of hydrogen-bond acceptors (Lipinski definition) is 9. The van der Waals surface area contributed by atoms with Crippen LogP contribution >= 0.6 is 0 Å². The van der Waals surface area contributed by atoms with Gasteiger partial charge in [0.05, 0.1) is 12.0 Å². The van der Waals surface area contributed by atoms with Crippen molar-refractivity contribution in [2.24, 2.45) is 28.6 Å².